The minimum Gasteiger partial charge on any atom is -0.389 e. The molecule has 0 saturated heterocycles. The molecule has 0 bridgehead atoms. The van der Waals surface area contributed by atoms with Crippen LogP contribution in [-0.4, -0.2) is 26.1 Å². The molecule has 0 saturated carbocycles. The first-order chi connectivity index (χ1) is 8.99. The first kappa shape index (κ1) is 13.2. The smallest absolute Gasteiger partial charge is 0.258 e. The number of H-pyrrole nitrogens is 1. The number of amides is 1. The summed E-state index contributed by atoms with van der Waals surface area (Å²) < 4.78 is 0. The van der Waals surface area contributed by atoms with Crippen molar-refractivity contribution in [3.8, 4) is 0 Å². The monoisotopic (exact) mass is 275 g/mol. The molecule has 0 atom stereocenters. The lowest BCUT2D eigenvalue weighted by atomic mass is 10.1. The molecular weight excluding hydrogens is 262 g/mol. The Hall–Kier alpha value is -2.28. The maximum Gasteiger partial charge on any atom is 0.258 e. The van der Waals surface area contributed by atoms with Crippen molar-refractivity contribution in [1.82, 2.24) is 15.2 Å². The average Bonchev–Trinajstić information content (AvgIpc) is 2.76. The Kier molecular flexibility index (Phi) is 3.57. The second kappa shape index (κ2) is 5.15. The number of pyridine rings is 1. The number of nitrogens with one attached hydrogen (secondary N) is 2. The molecule has 4 N–H and O–H groups in total. The van der Waals surface area contributed by atoms with Gasteiger partial charge in [-0.05, 0) is 26.0 Å². The maximum absolute atomic E-state index is 12.1. The zero-order chi connectivity index (χ0) is 14.0. The Morgan fingerprint density at radius 1 is 1.37 bits per heavy atom. The van der Waals surface area contributed by atoms with Gasteiger partial charge in [-0.1, -0.05) is 12.2 Å². The van der Waals surface area contributed by atoms with Crippen LogP contribution in [-0.2, 0) is 0 Å². The van der Waals surface area contributed by atoms with Gasteiger partial charge in [0.05, 0.1) is 23.0 Å². The second-order valence-electron chi connectivity index (χ2n) is 4.06. The van der Waals surface area contributed by atoms with Crippen LogP contribution in [0.5, 0.6) is 0 Å². The van der Waals surface area contributed by atoms with Crippen molar-refractivity contribution >= 4 is 28.9 Å². The number of hydrogen-bond acceptors (Lipinski definition) is 4. The van der Waals surface area contributed by atoms with Crippen LogP contribution < -0.4 is 11.1 Å². The fourth-order valence-corrected chi connectivity index (χ4v) is 1.83. The highest BCUT2D eigenvalue weighted by atomic mass is 32.1. The number of carbonyl (C=O) groups excluding carboxylic acids is 1. The van der Waals surface area contributed by atoms with Crippen LogP contribution in [0.2, 0.25) is 0 Å². The molecule has 2 rings (SSSR count). The molecule has 2 aromatic heterocycles. The largest absolute Gasteiger partial charge is 0.389 e. The van der Waals surface area contributed by atoms with Crippen molar-refractivity contribution in [2.75, 3.05) is 5.32 Å². The molecule has 0 radical (unpaired) electrons. The molecule has 2 heterocycles. The van der Waals surface area contributed by atoms with Gasteiger partial charge in [0.2, 0.25) is 0 Å². The van der Waals surface area contributed by atoms with E-state index in [0.717, 1.165) is 5.69 Å². The van der Waals surface area contributed by atoms with E-state index >= 15 is 0 Å². The molecule has 2 aromatic rings. The highest BCUT2D eigenvalue weighted by Crippen LogP contribution is 2.14. The summed E-state index contributed by atoms with van der Waals surface area (Å²) in [5, 5.41) is 9.14. The minimum absolute atomic E-state index is 0.169. The molecule has 0 spiro atoms. The van der Waals surface area contributed by atoms with E-state index in [0.29, 0.717) is 22.6 Å². The first-order valence-electron chi connectivity index (χ1n) is 5.58. The van der Waals surface area contributed by atoms with Crippen molar-refractivity contribution in [3.05, 3.63) is 40.8 Å². The molecule has 0 fully saturated rings. The van der Waals surface area contributed by atoms with Gasteiger partial charge in [-0.3, -0.25) is 14.9 Å². The summed E-state index contributed by atoms with van der Waals surface area (Å²) in [5.41, 5.74) is 8.05. The summed E-state index contributed by atoms with van der Waals surface area (Å²) in [5.74, 6) is 0.101. The molecule has 0 aliphatic heterocycles. The topological polar surface area (TPSA) is 96.7 Å². The van der Waals surface area contributed by atoms with Crippen LogP contribution >= 0.6 is 12.2 Å². The van der Waals surface area contributed by atoms with E-state index in [4.69, 9.17) is 18.0 Å². The van der Waals surface area contributed by atoms with Crippen molar-refractivity contribution in [2.24, 2.45) is 5.73 Å². The van der Waals surface area contributed by atoms with Gasteiger partial charge < -0.3 is 11.1 Å². The molecule has 7 heteroatoms. The summed E-state index contributed by atoms with van der Waals surface area (Å²) in [6.07, 6.45) is 1.47. The van der Waals surface area contributed by atoms with Gasteiger partial charge in [-0.15, -0.1) is 0 Å². The zero-order valence-corrected chi connectivity index (χ0v) is 11.3. The van der Waals surface area contributed by atoms with Crippen LogP contribution in [0.4, 0.5) is 5.82 Å². The minimum atomic E-state index is -0.285. The van der Waals surface area contributed by atoms with Crippen LogP contribution in [0.15, 0.2) is 18.3 Å². The fraction of sp³-hybridized carbons (Fsp3) is 0.167. The summed E-state index contributed by atoms with van der Waals surface area (Å²) in [7, 11) is 0. The van der Waals surface area contributed by atoms with E-state index in [1.807, 2.05) is 6.92 Å². The standard InChI is InChI=1S/C12H13N5OS/c1-6-3-4-8(7(2)15-6)12(18)16-11-9(10(13)19)5-14-17-11/h3-5H,1-2H3,(H2,13,19)(H2,14,16,17,18). The highest BCUT2D eigenvalue weighted by molar-refractivity contribution is 7.80. The van der Waals surface area contributed by atoms with Crippen LogP contribution in [0.1, 0.15) is 27.3 Å². The van der Waals surface area contributed by atoms with E-state index in [-0.39, 0.29) is 10.9 Å². The van der Waals surface area contributed by atoms with Gasteiger partial charge >= 0.3 is 0 Å². The van der Waals surface area contributed by atoms with Crippen molar-refractivity contribution < 1.29 is 4.79 Å². The first-order valence-corrected chi connectivity index (χ1v) is 5.98. The van der Waals surface area contributed by atoms with E-state index in [9.17, 15) is 4.79 Å². The fourth-order valence-electron chi connectivity index (χ4n) is 1.68. The second-order valence-corrected chi connectivity index (χ2v) is 4.50. The quantitative estimate of drug-likeness (QED) is 0.734. The molecule has 0 aliphatic carbocycles. The molecular formula is C12H13N5OS. The molecule has 98 valence electrons. The lowest BCUT2D eigenvalue weighted by Gasteiger charge is -2.07. The third kappa shape index (κ3) is 2.76. The van der Waals surface area contributed by atoms with E-state index < -0.39 is 0 Å². The summed E-state index contributed by atoms with van der Waals surface area (Å²) in [6.45, 7) is 3.65. The number of aromatic amines is 1. The predicted molar refractivity (Wildman–Crippen MR) is 76.1 cm³/mol. The molecule has 1 amide bonds. The van der Waals surface area contributed by atoms with Gasteiger partial charge in [0.15, 0.2) is 0 Å². The van der Waals surface area contributed by atoms with Gasteiger partial charge in [-0.25, -0.2) is 0 Å². The lowest BCUT2D eigenvalue weighted by molar-refractivity contribution is 0.102. The summed E-state index contributed by atoms with van der Waals surface area (Å²) in [4.78, 5) is 16.5. The van der Waals surface area contributed by atoms with Crippen molar-refractivity contribution in [1.29, 1.82) is 0 Å². The number of nitrogens with two attached hydrogens (primary N) is 1. The third-order valence-electron chi connectivity index (χ3n) is 2.61. The number of aryl methyl sites for hydroxylation is 2. The van der Waals surface area contributed by atoms with Gasteiger partial charge in [0.1, 0.15) is 10.8 Å². The van der Waals surface area contributed by atoms with E-state index in [1.165, 1.54) is 6.20 Å². The van der Waals surface area contributed by atoms with Gasteiger partial charge in [-0.2, -0.15) is 5.10 Å². The zero-order valence-electron chi connectivity index (χ0n) is 10.5. The maximum atomic E-state index is 12.1. The average molecular weight is 275 g/mol. The Labute approximate surface area is 115 Å². The number of hydrogen-bond donors (Lipinski definition) is 3. The molecule has 19 heavy (non-hydrogen) atoms. The van der Waals surface area contributed by atoms with Crippen LogP contribution in [0, 0.1) is 13.8 Å². The third-order valence-corrected chi connectivity index (χ3v) is 2.83. The summed E-state index contributed by atoms with van der Waals surface area (Å²) in [6, 6.07) is 3.51. The normalized spacial score (nSPS) is 10.2. The Morgan fingerprint density at radius 2 is 2.11 bits per heavy atom. The Bertz CT molecular complexity index is 649. The molecule has 0 unspecified atom stereocenters. The molecule has 0 aliphatic rings. The van der Waals surface area contributed by atoms with Crippen molar-refractivity contribution in [2.45, 2.75) is 13.8 Å². The highest BCUT2D eigenvalue weighted by Gasteiger charge is 2.14. The number of thiocarbonyl (C=S) groups is 1. The van der Waals surface area contributed by atoms with Gasteiger partial charge in [0, 0.05) is 5.69 Å². The number of carbonyl (C=O) groups is 1. The summed E-state index contributed by atoms with van der Waals surface area (Å²) >= 11 is 4.87. The van der Waals surface area contributed by atoms with Gasteiger partial charge in [0.25, 0.3) is 5.91 Å². The Balaban J connectivity index is 2.26. The van der Waals surface area contributed by atoms with E-state index in [1.54, 1.807) is 19.1 Å². The number of aromatic nitrogens is 3. The van der Waals surface area contributed by atoms with Crippen LogP contribution in [0.25, 0.3) is 0 Å². The molecule has 0 aromatic carbocycles. The molecule has 6 nitrogen and oxygen atoms in total. The van der Waals surface area contributed by atoms with Crippen LogP contribution in [0.3, 0.4) is 0 Å². The lowest BCUT2D eigenvalue weighted by Crippen LogP contribution is -2.18. The number of nitrogens with zero attached hydrogens (tertiary/aromatic N) is 2. The SMILES string of the molecule is Cc1ccc(C(=O)Nc2[nH]ncc2C(N)=S)c(C)n1. The Morgan fingerprint density at radius 3 is 2.74 bits per heavy atom. The predicted octanol–water partition coefficient (Wildman–Crippen LogP) is 1.31. The van der Waals surface area contributed by atoms with Crippen molar-refractivity contribution in [3.63, 3.8) is 0 Å². The number of rotatable bonds is 3. The number of anilines is 1. The van der Waals surface area contributed by atoms with E-state index in [2.05, 4.69) is 20.5 Å².